The van der Waals surface area contributed by atoms with Gasteiger partial charge in [0.05, 0.1) is 11.1 Å². The average Bonchev–Trinajstić information content (AvgIpc) is 2.89. The van der Waals surface area contributed by atoms with E-state index < -0.39 is 16.1 Å². The second-order valence-electron chi connectivity index (χ2n) is 4.11. The lowest BCUT2D eigenvalue weighted by Crippen LogP contribution is -2.28. The predicted molar refractivity (Wildman–Crippen MR) is 80.3 cm³/mol. The first-order valence-electron chi connectivity index (χ1n) is 5.65. The molecule has 4 N–H and O–H groups in total. The highest BCUT2D eigenvalue weighted by Gasteiger charge is 2.19. The van der Waals surface area contributed by atoms with Crippen molar-refractivity contribution in [3.05, 3.63) is 45.6 Å². The molecule has 0 saturated heterocycles. The summed E-state index contributed by atoms with van der Waals surface area (Å²) in [4.78, 5) is -0.0640. The molecule has 1 aromatic heterocycles. The van der Waals surface area contributed by atoms with Gasteiger partial charge in [0.15, 0.2) is 0 Å². The molecule has 1 unspecified atom stereocenters. The third-order valence-electron chi connectivity index (χ3n) is 2.64. The van der Waals surface area contributed by atoms with Crippen molar-refractivity contribution in [2.24, 2.45) is 0 Å². The summed E-state index contributed by atoms with van der Waals surface area (Å²) >= 11 is 7.30. The molecule has 0 amide bonds. The van der Waals surface area contributed by atoms with Crippen molar-refractivity contribution in [3.63, 3.8) is 0 Å². The molecular formula is C12H13ClN2O3S2. The molecule has 0 saturated carbocycles. The molecule has 0 aliphatic rings. The van der Waals surface area contributed by atoms with Crippen molar-refractivity contribution in [3.8, 4) is 0 Å². The summed E-state index contributed by atoms with van der Waals surface area (Å²) in [5, 5.41) is 13.5. The number of nitrogen functional groups attached to an aromatic ring is 1. The number of nitrogens with two attached hydrogens (primary N) is 1. The van der Waals surface area contributed by atoms with Gasteiger partial charge in [0.1, 0.15) is 4.90 Å². The number of rotatable bonds is 5. The zero-order chi connectivity index (χ0) is 14.8. The number of sulfonamides is 1. The van der Waals surface area contributed by atoms with Crippen LogP contribution in [0.1, 0.15) is 11.7 Å². The molecule has 0 aliphatic carbocycles. The Morgan fingerprint density at radius 3 is 2.75 bits per heavy atom. The van der Waals surface area contributed by atoms with Crippen molar-refractivity contribution in [1.82, 2.24) is 4.72 Å². The fraction of sp³-hybridized carbons (Fsp3) is 0.167. The molecule has 1 atom stereocenters. The first-order chi connectivity index (χ1) is 9.40. The highest BCUT2D eigenvalue weighted by Crippen LogP contribution is 2.24. The highest BCUT2D eigenvalue weighted by atomic mass is 35.5. The van der Waals surface area contributed by atoms with E-state index in [1.54, 1.807) is 11.4 Å². The summed E-state index contributed by atoms with van der Waals surface area (Å²) in [7, 11) is -3.79. The van der Waals surface area contributed by atoms with Gasteiger partial charge in [0, 0.05) is 12.2 Å². The van der Waals surface area contributed by atoms with Crippen LogP contribution in [0.15, 0.2) is 39.9 Å². The summed E-state index contributed by atoms with van der Waals surface area (Å²) in [5.41, 5.74) is 6.57. The van der Waals surface area contributed by atoms with E-state index in [1.165, 1.54) is 29.5 Å². The van der Waals surface area contributed by atoms with Crippen molar-refractivity contribution < 1.29 is 13.5 Å². The molecule has 0 fully saturated rings. The van der Waals surface area contributed by atoms with Crippen LogP contribution in [0.4, 0.5) is 5.69 Å². The van der Waals surface area contributed by atoms with Crippen molar-refractivity contribution in [2.75, 3.05) is 12.3 Å². The van der Waals surface area contributed by atoms with Crippen LogP contribution in [0.2, 0.25) is 5.02 Å². The molecule has 108 valence electrons. The minimum Gasteiger partial charge on any atom is -0.399 e. The number of hydrogen-bond acceptors (Lipinski definition) is 5. The van der Waals surface area contributed by atoms with Gasteiger partial charge in [0.25, 0.3) is 0 Å². The van der Waals surface area contributed by atoms with E-state index in [0.717, 1.165) is 0 Å². The lowest BCUT2D eigenvalue weighted by molar-refractivity contribution is 0.182. The standard InChI is InChI=1S/C12H13ClN2O3S2/c13-10-5-9(14)1-2-12(10)20(17,18)15-6-11(16)8-3-4-19-7-8/h1-5,7,11,15-16H,6,14H2. The van der Waals surface area contributed by atoms with E-state index in [0.29, 0.717) is 11.3 Å². The normalized spacial score (nSPS) is 13.3. The second-order valence-corrected chi connectivity index (χ2v) is 7.04. The summed E-state index contributed by atoms with van der Waals surface area (Å²) in [5.74, 6) is 0. The molecule has 8 heteroatoms. The third-order valence-corrected chi connectivity index (χ3v) is 5.25. The minimum atomic E-state index is -3.79. The van der Waals surface area contributed by atoms with Crippen LogP contribution < -0.4 is 10.5 Å². The summed E-state index contributed by atoms with van der Waals surface area (Å²) in [6.07, 6.45) is -0.899. The summed E-state index contributed by atoms with van der Waals surface area (Å²) < 4.78 is 26.5. The summed E-state index contributed by atoms with van der Waals surface area (Å²) in [6.45, 7) is -0.125. The molecule has 2 aromatic rings. The fourth-order valence-corrected chi connectivity index (χ4v) is 3.88. The first kappa shape index (κ1) is 15.3. The maximum Gasteiger partial charge on any atom is 0.242 e. The lowest BCUT2D eigenvalue weighted by Gasteiger charge is -2.12. The number of aliphatic hydroxyl groups excluding tert-OH is 1. The third kappa shape index (κ3) is 3.50. The molecule has 0 bridgehead atoms. The maximum atomic E-state index is 12.1. The predicted octanol–water partition coefficient (Wildman–Crippen LogP) is 2.00. The van der Waals surface area contributed by atoms with Crippen LogP contribution >= 0.6 is 22.9 Å². The van der Waals surface area contributed by atoms with Gasteiger partial charge in [-0.2, -0.15) is 11.3 Å². The smallest absolute Gasteiger partial charge is 0.242 e. The Morgan fingerprint density at radius 2 is 2.15 bits per heavy atom. The Balaban J connectivity index is 2.11. The molecule has 5 nitrogen and oxygen atoms in total. The molecule has 0 radical (unpaired) electrons. The van der Waals surface area contributed by atoms with Crippen LogP contribution in [0.5, 0.6) is 0 Å². The van der Waals surface area contributed by atoms with E-state index in [4.69, 9.17) is 17.3 Å². The van der Waals surface area contributed by atoms with Crippen molar-refractivity contribution >= 4 is 38.6 Å². The van der Waals surface area contributed by atoms with Gasteiger partial charge in [-0.3, -0.25) is 0 Å². The van der Waals surface area contributed by atoms with Crippen molar-refractivity contribution in [2.45, 2.75) is 11.0 Å². The van der Waals surface area contributed by atoms with E-state index in [2.05, 4.69) is 4.72 Å². The van der Waals surface area contributed by atoms with E-state index in [-0.39, 0.29) is 16.5 Å². The topological polar surface area (TPSA) is 92.4 Å². The molecule has 1 heterocycles. The second kappa shape index (κ2) is 6.11. The lowest BCUT2D eigenvalue weighted by atomic mass is 10.2. The number of nitrogens with one attached hydrogen (secondary N) is 1. The quantitative estimate of drug-likeness (QED) is 0.730. The van der Waals surface area contributed by atoms with Crippen LogP contribution in [-0.4, -0.2) is 20.1 Å². The number of benzene rings is 1. The Bertz CT molecular complexity index is 687. The Kier molecular flexibility index (Phi) is 4.66. The monoisotopic (exact) mass is 332 g/mol. The van der Waals surface area contributed by atoms with Gasteiger partial charge in [-0.05, 0) is 40.6 Å². The minimum absolute atomic E-state index is 0.0440. The molecule has 0 aliphatic heterocycles. The zero-order valence-electron chi connectivity index (χ0n) is 10.3. The van der Waals surface area contributed by atoms with Crippen LogP contribution in [-0.2, 0) is 10.0 Å². The van der Waals surface area contributed by atoms with Gasteiger partial charge < -0.3 is 10.8 Å². The number of hydrogen-bond donors (Lipinski definition) is 3. The largest absolute Gasteiger partial charge is 0.399 e. The molecular weight excluding hydrogens is 320 g/mol. The van der Waals surface area contributed by atoms with Gasteiger partial charge >= 0.3 is 0 Å². The Labute approximate surface area is 126 Å². The number of aliphatic hydroxyl groups is 1. The van der Waals surface area contributed by atoms with E-state index in [9.17, 15) is 13.5 Å². The summed E-state index contributed by atoms with van der Waals surface area (Å²) in [6, 6.07) is 5.89. The number of anilines is 1. The molecule has 0 spiro atoms. The first-order valence-corrected chi connectivity index (χ1v) is 8.45. The van der Waals surface area contributed by atoms with Crippen molar-refractivity contribution in [1.29, 1.82) is 0 Å². The fourth-order valence-electron chi connectivity index (χ4n) is 1.58. The number of halogens is 1. The SMILES string of the molecule is Nc1ccc(S(=O)(=O)NCC(O)c2ccsc2)c(Cl)c1. The highest BCUT2D eigenvalue weighted by molar-refractivity contribution is 7.89. The maximum absolute atomic E-state index is 12.1. The van der Waals surface area contributed by atoms with Gasteiger partial charge in [-0.15, -0.1) is 0 Å². The molecule has 2 rings (SSSR count). The van der Waals surface area contributed by atoms with E-state index >= 15 is 0 Å². The van der Waals surface area contributed by atoms with Crippen LogP contribution in [0.25, 0.3) is 0 Å². The zero-order valence-corrected chi connectivity index (χ0v) is 12.7. The Morgan fingerprint density at radius 1 is 1.40 bits per heavy atom. The van der Waals surface area contributed by atoms with Gasteiger partial charge in [-0.25, -0.2) is 13.1 Å². The van der Waals surface area contributed by atoms with Gasteiger partial charge in [0.2, 0.25) is 10.0 Å². The van der Waals surface area contributed by atoms with Crippen LogP contribution in [0.3, 0.4) is 0 Å². The molecule has 1 aromatic carbocycles. The van der Waals surface area contributed by atoms with Crippen LogP contribution in [0, 0.1) is 0 Å². The molecule has 20 heavy (non-hydrogen) atoms. The van der Waals surface area contributed by atoms with E-state index in [1.807, 2.05) is 5.38 Å². The van der Waals surface area contributed by atoms with Gasteiger partial charge in [-0.1, -0.05) is 11.6 Å². The Hall–Kier alpha value is -1.12. The number of thiophene rings is 1. The average molecular weight is 333 g/mol.